The van der Waals surface area contributed by atoms with Gasteiger partial charge in [0, 0.05) is 13.2 Å². The highest BCUT2D eigenvalue weighted by molar-refractivity contribution is 7.92. The van der Waals surface area contributed by atoms with Gasteiger partial charge in [0.25, 0.3) is 10.0 Å². The second-order valence-electron chi connectivity index (χ2n) is 4.10. The zero-order chi connectivity index (χ0) is 14.0. The number of rotatable bonds is 3. The van der Waals surface area contributed by atoms with Crippen LogP contribution in [0.1, 0.15) is 5.56 Å². The Kier molecular flexibility index (Phi) is 3.78. The van der Waals surface area contributed by atoms with E-state index in [0.717, 1.165) is 9.87 Å². The van der Waals surface area contributed by atoms with Crippen molar-refractivity contribution in [3.63, 3.8) is 0 Å². The van der Waals surface area contributed by atoms with E-state index in [1.54, 1.807) is 36.4 Å². The number of halogens is 1. The SMILES string of the molecule is Cc1ccc(S(=O)(=O)N(C)c2cccnc2Cl)cc1. The van der Waals surface area contributed by atoms with Crippen molar-refractivity contribution in [2.75, 3.05) is 11.4 Å². The number of benzene rings is 1. The van der Waals surface area contributed by atoms with E-state index in [4.69, 9.17) is 11.6 Å². The van der Waals surface area contributed by atoms with Crippen LogP contribution in [0.15, 0.2) is 47.5 Å². The third-order valence-corrected chi connectivity index (χ3v) is 4.83. The number of aromatic nitrogens is 1. The van der Waals surface area contributed by atoms with Gasteiger partial charge in [0.15, 0.2) is 5.15 Å². The Bertz CT molecular complexity index is 684. The molecule has 6 heteroatoms. The van der Waals surface area contributed by atoms with Crippen molar-refractivity contribution in [1.29, 1.82) is 0 Å². The lowest BCUT2D eigenvalue weighted by Gasteiger charge is -2.20. The Morgan fingerprint density at radius 1 is 1.16 bits per heavy atom. The van der Waals surface area contributed by atoms with Crippen molar-refractivity contribution in [3.8, 4) is 0 Å². The molecule has 4 nitrogen and oxygen atoms in total. The fraction of sp³-hybridized carbons (Fsp3) is 0.154. The Balaban J connectivity index is 2.45. The molecule has 0 aliphatic carbocycles. The standard InChI is InChI=1S/C13H13ClN2O2S/c1-10-5-7-11(8-6-10)19(17,18)16(2)12-4-3-9-15-13(12)14/h3-9H,1-2H3. The topological polar surface area (TPSA) is 50.3 Å². The van der Waals surface area contributed by atoms with Gasteiger partial charge >= 0.3 is 0 Å². The molecule has 0 saturated carbocycles. The molecule has 0 bridgehead atoms. The molecule has 1 heterocycles. The van der Waals surface area contributed by atoms with Gasteiger partial charge in [-0.3, -0.25) is 4.31 Å². The molecule has 0 radical (unpaired) electrons. The van der Waals surface area contributed by atoms with Gasteiger partial charge in [0.05, 0.1) is 10.6 Å². The number of sulfonamides is 1. The summed E-state index contributed by atoms with van der Waals surface area (Å²) in [7, 11) is -2.17. The van der Waals surface area contributed by atoms with E-state index in [9.17, 15) is 8.42 Å². The third kappa shape index (κ3) is 2.72. The number of aryl methyl sites for hydroxylation is 1. The average Bonchev–Trinajstić information content (AvgIpc) is 2.39. The molecule has 0 aliphatic rings. The summed E-state index contributed by atoms with van der Waals surface area (Å²) in [5, 5.41) is 0.153. The van der Waals surface area contributed by atoms with Crippen molar-refractivity contribution < 1.29 is 8.42 Å². The second kappa shape index (κ2) is 5.19. The maximum atomic E-state index is 12.4. The fourth-order valence-electron chi connectivity index (χ4n) is 1.61. The number of nitrogens with zero attached hydrogens (tertiary/aromatic N) is 2. The molecule has 0 N–H and O–H groups in total. The van der Waals surface area contributed by atoms with Gasteiger partial charge in [-0.25, -0.2) is 13.4 Å². The lowest BCUT2D eigenvalue weighted by molar-refractivity contribution is 0.594. The summed E-state index contributed by atoms with van der Waals surface area (Å²) in [5.41, 5.74) is 1.35. The first-order chi connectivity index (χ1) is 8.93. The minimum Gasteiger partial charge on any atom is -0.266 e. The molecule has 19 heavy (non-hydrogen) atoms. The number of hydrogen-bond acceptors (Lipinski definition) is 3. The molecule has 0 aliphatic heterocycles. The fourth-order valence-corrected chi connectivity index (χ4v) is 3.11. The van der Waals surface area contributed by atoms with Crippen LogP contribution < -0.4 is 4.31 Å². The van der Waals surface area contributed by atoms with Crippen LogP contribution in [0, 0.1) is 6.92 Å². The van der Waals surface area contributed by atoms with E-state index in [2.05, 4.69) is 4.98 Å². The molecule has 100 valence electrons. The third-order valence-electron chi connectivity index (χ3n) is 2.76. The van der Waals surface area contributed by atoms with E-state index in [1.807, 2.05) is 6.92 Å². The van der Waals surface area contributed by atoms with E-state index in [0.29, 0.717) is 5.69 Å². The molecular formula is C13H13ClN2O2S. The van der Waals surface area contributed by atoms with E-state index < -0.39 is 10.0 Å². The molecule has 0 amide bonds. The van der Waals surface area contributed by atoms with Gasteiger partial charge in [-0.2, -0.15) is 0 Å². The summed E-state index contributed by atoms with van der Waals surface area (Å²) in [6.07, 6.45) is 1.51. The van der Waals surface area contributed by atoms with Crippen LogP contribution in [0.3, 0.4) is 0 Å². The molecule has 0 fully saturated rings. The quantitative estimate of drug-likeness (QED) is 0.818. The van der Waals surface area contributed by atoms with Crippen LogP contribution in [-0.2, 0) is 10.0 Å². The van der Waals surface area contributed by atoms with Crippen LogP contribution in [0.25, 0.3) is 0 Å². The first-order valence-corrected chi connectivity index (χ1v) is 7.41. The van der Waals surface area contributed by atoms with Gasteiger partial charge in [-0.05, 0) is 31.2 Å². The van der Waals surface area contributed by atoms with Crippen molar-refractivity contribution in [3.05, 3.63) is 53.3 Å². The summed E-state index contributed by atoms with van der Waals surface area (Å²) in [6.45, 7) is 1.90. The summed E-state index contributed by atoms with van der Waals surface area (Å²) >= 11 is 5.92. The van der Waals surface area contributed by atoms with Crippen molar-refractivity contribution in [1.82, 2.24) is 4.98 Å². The zero-order valence-corrected chi connectivity index (χ0v) is 12.1. The van der Waals surface area contributed by atoms with Crippen LogP contribution in [0.4, 0.5) is 5.69 Å². The highest BCUT2D eigenvalue weighted by Gasteiger charge is 2.22. The van der Waals surface area contributed by atoms with E-state index in [-0.39, 0.29) is 10.0 Å². The molecule has 1 aromatic carbocycles. The number of hydrogen-bond donors (Lipinski definition) is 0. The van der Waals surface area contributed by atoms with Gasteiger partial charge < -0.3 is 0 Å². The zero-order valence-electron chi connectivity index (χ0n) is 10.5. The van der Waals surface area contributed by atoms with Crippen LogP contribution >= 0.6 is 11.6 Å². The maximum absolute atomic E-state index is 12.4. The molecule has 2 aromatic rings. The summed E-state index contributed by atoms with van der Waals surface area (Å²) in [5.74, 6) is 0. The molecule has 0 saturated heterocycles. The predicted molar refractivity (Wildman–Crippen MR) is 76.0 cm³/mol. The van der Waals surface area contributed by atoms with E-state index in [1.165, 1.54) is 13.2 Å². The van der Waals surface area contributed by atoms with E-state index >= 15 is 0 Å². The van der Waals surface area contributed by atoms with Gasteiger partial charge in [0.1, 0.15) is 0 Å². The highest BCUT2D eigenvalue weighted by atomic mass is 35.5. The Morgan fingerprint density at radius 3 is 2.37 bits per heavy atom. The lowest BCUT2D eigenvalue weighted by Crippen LogP contribution is -2.26. The Hall–Kier alpha value is -1.59. The first-order valence-electron chi connectivity index (χ1n) is 5.59. The van der Waals surface area contributed by atoms with Crippen LogP contribution in [0.2, 0.25) is 5.15 Å². The van der Waals surface area contributed by atoms with Crippen molar-refractivity contribution in [2.24, 2.45) is 0 Å². The highest BCUT2D eigenvalue weighted by Crippen LogP contribution is 2.27. The first kappa shape index (κ1) is 13.8. The molecular weight excluding hydrogens is 284 g/mol. The summed E-state index contributed by atoms with van der Waals surface area (Å²) in [4.78, 5) is 4.10. The molecule has 0 spiro atoms. The monoisotopic (exact) mass is 296 g/mol. The van der Waals surface area contributed by atoms with Crippen LogP contribution in [-0.4, -0.2) is 20.4 Å². The van der Waals surface area contributed by atoms with Crippen molar-refractivity contribution in [2.45, 2.75) is 11.8 Å². The lowest BCUT2D eigenvalue weighted by atomic mass is 10.2. The van der Waals surface area contributed by atoms with Gasteiger partial charge in [-0.1, -0.05) is 29.3 Å². The Morgan fingerprint density at radius 2 is 1.79 bits per heavy atom. The summed E-state index contributed by atoms with van der Waals surface area (Å²) < 4.78 is 26.0. The molecule has 0 unspecified atom stereocenters. The smallest absolute Gasteiger partial charge is 0.264 e. The van der Waals surface area contributed by atoms with Crippen molar-refractivity contribution >= 4 is 27.3 Å². The second-order valence-corrected chi connectivity index (χ2v) is 6.43. The summed E-state index contributed by atoms with van der Waals surface area (Å²) in [6, 6.07) is 9.91. The number of pyridine rings is 1. The molecule has 1 aromatic heterocycles. The largest absolute Gasteiger partial charge is 0.266 e. The van der Waals surface area contributed by atoms with Crippen LogP contribution in [0.5, 0.6) is 0 Å². The predicted octanol–water partition coefficient (Wildman–Crippen LogP) is 2.87. The molecule has 2 rings (SSSR count). The normalized spacial score (nSPS) is 11.3. The number of anilines is 1. The Labute approximate surface area is 117 Å². The minimum atomic E-state index is -3.62. The average molecular weight is 297 g/mol. The van der Waals surface area contributed by atoms with Gasteiger partial charge in [-0.15, -0.1) is 0 Å². The van der Waals surface area contributed by atoms with Gasteiger partial charge in [0.2, 0.25) is 0 Å². The minimum absolute atomic E-state index is 0.153. The molecule has 0 atom stereocenters. The maximum Gasteiger partial charge on any atom is 0.264 e.